The Morgan fingerprint density at radius 3 is 2.35 bits per heavy atom. The molecule has 10 rings (SSSR count). The Labute approximate surface area is 407 Å². The molecule has 6 heterocycles. The van der Waals surface area contributed by atoms with Gasteiger partial charge in [0.15, 0.2) is 17.4 Å². The SMILES string of the molecule is CC(=O)N1CCc2c(c(N3CCCc4cc(-c5cnn(C)c5)c(C(F)F)cc43)nn2C2CCC(CC3CCN(c4ccc(C(=O)CC5CCC(Oc6ccc(C#N)c(Cl)c6)CC5)nn4)CC3)CC2)C1. The molecule has 0 bridgehead atoms. The van der Waals surface area contributed by atoms with Crippen LogP contribution in [0.4, 0.5) is 26.1 Å². The predicted molar refractivity (Wildman–Crippen MR) is 260 cm³/mol. The van der Waals surface area contributed by atoms with Crippen LogP contribution in [0.25, 0.3) is 11.1 Å². The molecular formula is C53H61ClF2N10O3. The van der Waals surface area contributed by atoms with Gasteiger partial charge in [-0.15, -0.1) is 10.2 Å². The van der Waals surface area contributed by atoms with E-state index in [1.165, 1.54) is 12.1 Å². The van der Waals surface area contributed by atoms with Gasteiger partial charge in [-0.2, -0.15) is 15.5 Å². The number of fused-ring (bicyclic) bond motifs is 2. The largest absolute Gasteiger partial charge is 0.490 e. The molecule has 5 aliphatic rings. The van der Waals surface area contributed by atoms with Gasteiger partial charge in [-0.05, 0) is 149 Å². The summed E-state index contributed by atoms with van der Waals surface area (Å²) in [5.41, 5.74) is 6.10. The van der Waals surface area contributed by atoms with Gasteiger partial charge in [-0.25, -0.2) is 8.78 Å². The summed E-state index contributed by atoms with van der Waals surface area (Å²) in [6.07, 6.45) is 15.0. The molecule has 0 unspecified atom stereocenters. The van der Waals surface area contributed by atoms with Crippen molar-refractivity contribution in [3.05, 3.63) is 93.5 Å². The number of alkyl halides is 2. The Morgan fingerprint density at radius 1 is 0.899 bits per heavy atom. The fourth-order valence-corrected chi connectivity index (χ4v) is 12.1. The van der Waals surface area contributed by atoms with Gasteiger partial charge >= 0.3 is 0 Å². The number of piperidine rings is 1. The van der Waals surface area contributed by atoms with Crippen LogP contribution < -0.4 is 14.5 Å². The van der Waals surface area contributed by atoms with E-state index in [0.29, 0.717) is 71.0 Å². The number of amides is 1. The predicted octanol–water partition coefficient (Wildman–Crippen LogP) is 10.8. The van der Waals surface area contributed by atoms with E-state index in [-0.39, 0.29) is 35.3 Å². The number of nitriles is 1. The number of hydrogen-bond acceptors (Lipinski definition) is 10. The van der Waals surface area contributed by atoms with Crippen LogP contribution in [0, 0.1) is 29.1 Å². The minimum Gasteiger partial charge on any atom is -0.490 e. The van der Waals surface area contributed by atoms with Gasteiger partial charge < -0.3 is 19.4 Å². The number of ketones is 1. The normalized spacial score (nSPS) is 22.0. The van der Waals surface area contributed by atoms with E-state index in [0.717, 1.165) is 125 Å². The average molecular weight is 960 g/mol. The van der Waals surface area contributed by atoms with Crippen molar-refractivity contribution in [2.75, 3.05) is 36.0 Å². The lowest BCUT2D eigenvalue weighted by Gasteiger charge is -2.36. The number of rotatable bonds is 12. The second-order valence-corrected chi connectivity index (χ2v) is 20.6. The molecule has 2 aliphatic carbocycles. The highest BCUT2D eigenvalue weighted by Gasteiger charge is 2.36. The number of halogens is 3. The van der Waals surface area contributed by atoms with Gasteiger partial charge in [0.05, 0.1) is 35.5 Å². The third-order valence-corrected chi connectivity index (χ3v) is 16.0. The highest BCUT2D eigenvalue weighted by atomic mass is 35.5. The van der Waals surface area contributed by atoms with Gasteiger partial charge in [-0.3, -0.25) is 19.0 Å². The van der Waals surface area contributed by atoms with Crippen molar-refractivity contribution >= 4 is 40.6 Å². The molecule has 362 valence electrons. The van der Waals surface area contributed by atoms with Crippen LogP contribution in [0.2, 0.25) is 5.02 Å². The second-order valence-electron chi connectivity index (χ2n) is 20.2. The smallest absolute Gasteiger partial charge is 0.264 e. The molecule has 13 nitrogen and oxygen atoms in total. The molecule has 2 aromatic carbocycles. The van der Waals surface area contributed by atoms with E-state index in [9.17, 15) is 18.4 Å². The summed E-state index contributed by atoms with van der Waals surface area (Å²) in [6.45, 7) is 5.26. The minimum absolute atomic E-state index is 0.00469. The molecular weight excluding hydrogens is 898 g/mol. The van der Waals surface area contributed by atoms with E-state index in [1.54, 1.807) is 55.3 Å². The first-order chi connectivity index (χ1) is 33.5. The third kappa shape index (κ3) is 10.1. The Hall–Kier alpha value is -5.88. The van der Waals surface area contributed by atoms with Crippen LogP contribution in [0.3, 0.4) is 0 Å². The van der Waals surface area contributed by atoms with Crippen molar-refractivity contribution in [2.24, 2.45) is 24.8 Å². The first-order valence-corrected chi connectivity index (χ1v) is 25.4. The maximum Gasteiger partial charge on any atom is 0.264 e. The summed E-state index contributed by atoms with van der Waals surface area (Å²) < 4.78 is 39.6. The van der Waals surface area contributed by atoms with E-state index in [1.807, 2.05) is 23.1 Å². The summed E-state index contributed by atoms with van der Waals surface area (Å²) in [5.74, 6) is 3.96. The lowest BCUT2D eigenvalue weighted by Crippen LogP contribution is -2.36. The zero-order valence-electron chi connectivity index (χ0n) is 39.6. The molecule has 1 amide bonds. The molecule has 3 aromatic heterocycles. The molecule has 3 fully saturated rings. The standard InChI is InChI=1S/C53H61ClF2N10O3/c1-33(67)64-23-19-48-45(32-64)53(65-20-3-4-37-26-43(39-30-58-62(2)31-39)44(52(55)56)28-49(37)65)61-66(48)40-10-5-34(6-11-40)24-36-17-21-63(22-18-36)51-16-15-47(59-60-51)50(68)25-35-7-12-41(13-8-35)69-42-14-9-38(29-57)46(54)27-42/h9,14-16,26-28,30-31,34-36,40-41,52H,3-8,10-13,17-25,32H2,1-2H3. The van der Waals surface area contributed by atoms with Crippen molar-refractivity contribution in [2.45, 2.75) is 128 Å². The van der Waals surface area contributed by atoms with Crippen molar-refractivity contribution < 1.29 is 23.1 Å². The van der Waals surface area contributed by atoms with Gasteiger partial charge in [0.25, 0.3) is 6.43 Å². The minimum atomic E-state index is -2.65. The number of carbonyl (C=O) groups is 2. The molecule has 16 heteroatoms. The highest BCUT2D eigenvalue weighted by molar-refractivity contribution is 6.31. The lowest BCUT2D eigenvalue weighted by atomic mass is 9.78. The number of aryl methyl sites for hydroxylation is 2. The van der Waals surface area contributed by atoms with Crippen molar-refractivity contribution in [1.29, 1.82) is 5.26 Å². The Bertz CT molecular complexity index is 2710. The summed E-state index contributed by atoms with van der Waals surface area (Å²) in [7, 11) is 1.79. The van der Waals surface area contributed by atoms with Crippen molar-refractivity contribution in [1.82, 2.24) is 34.7 Å². The van der Waals surface area contributed by atoms with Gasteiger partial charge in [0.1, 0.15) is 17.5 Å². The average Bonchev–Trinajstić information content (AvgIpc) is 3.98. The topological polar surface area (TPSA) is 138 Å². The zero-order valence-corrected chi connectivity index (χ0v) is 40.4. The first kappa shape index (κ1) is 46.8. The summed E-state index contributed by atoms with van der Waals surface area (Å²) in [4.78, 5) is 32.3. The number of aromatic nitrogens is 6. The molecule has 5 aromatic rings. The van der Waals surface area contributed by atoms with Crippen LogP contribution in [0.1, 0.15) is 141 Å². The van der Waals surface area contributed by atoms with Crippen LogP contribution in [-0.2, 0) is 31.2 Å². The van der Waals surface area contributed by atoms with Crippen LogP contribution >= 0.6 is 11.6 Å². The van der Waals surface area contributed by atoms with Gasteiger partial charge in [-0.1, -0.05) is 11.6 Å². The summed E-state index contributed by atoms with van der Waals surface area (Å²) >= 11 is 6.19. The number of nitrogens with zero attached hydrogens (tertiary/aromatic N) is 10. The zero-order chi connectivity index (χ0) is 47.8. The molecule has 0 atom stereocenters. The van der Waals surface area contributed by atoms with Gasteiger partial charge in [0, 0.05) is 93.3 Å². The number of anilines is 3. The second kappa shape index (κ2) is 20.2. The van der Waals surface area contributed by atoms with E-state index in [2.05, 4.69) is 35.8 Å². The van der Waals surface area contributed by atoms with E-state index >= 15 is 0 Å². The molecule has 0 spiro atoms. The fourth-order valence-electron chi connectivity index (χ4n) is 11.9. The quantitative estimate of drug-likeness (QED) is 0.111. The number of carbonyl (C=O) groups excluding carboxylic acids is 2. The summed E-state index contributed by atoms with van der Waals surface area (Å²) in [6, 6.07) is 14.9. The van der Waals surface area contributed by atoms with Crippen LogP contribution in [-0.4, -0.2) is 78.6 Å². The lowest BCUT2D eigenvalue weighted by molar-refractivity contribution is -0.129. The number of Topliss-reactive ketones (excluding diaryl/α,β-unsaturated/α-hetero) is 1. The molecule has 1 saturated heterocycles. The number of benzene rings is 2. The number of hydrogen-bond donors (Lipinski definition) is 0. The Morgan fingerprint density at radius 2 is 1.67 bits per heavy atom. The molecule has 0 N–H and O–H groups in total. The fraction of sp³-hybridized carbons (Fsp3) is 0.528. The van der Waals surface area contributed by atoms with E-state index < -0.39 is 6.43 Å². The molecule has 3 aliphatic heterocycles. The van der Waals surface area contributed by atoms with Crippen molar-refractivity contribution in [3.63, 3.8) is 0 Å². The number of ether oxygens (including phenoxy) is 1. The maximum absolute atomic E-state index is 14.8. The Kier molecular flexibility index (Phi) is 13.7. The monoisotopic (exact) mass is 958 g/mol. The maximum atomic E-state index is 14.8. The summed E-state index contributed by atoms with van der Waals surface area (Å²) in [5, 5.41) is 28.1. The first-order valence-electron chi connectivity index (χ1n) is 25.0. The van der Waals surface area contributed by atoms with Crippen molar-refractivity contribution in [3.8, 4) is 22.9 Å². The van der Waals surface area contributed by atoms with Gasteiger partial charge in [0.2, 0.25) is 5.91 Å². The highest BCUT2D eigenvalue weighted by Crippen LogP contribution is 2.45. The molecule has 0 radical (unpaired) electrons. The van der Waals surface area contributed by atoms with Crippen LogP contribution in [0.5, 0.6) is 5.75 Å². The van der Waals surface area contributed by atoms with E-state index in [4.69, 9.17) is 26.7 Å². The molecule has 69 heavy (non-hydrogen) atoms. The third-order valence-electron chi connectivity index (χ3n) is 15.7. The Balaban J connectivity index is 0.724. The molecule has 2 saturated carbocycles. The van der Waals surface area contributed by atoms with Crippen LogP contribution in [0.15, 0.2) is 54.9 Å².